The number of aliphatic hydroxyl groups excluding tert-OH is 1. The van der Waals surface area contributed by atoms with Gasteiger partial charge in [0.1, 0.15) is 6.07 Å². The highest BCUT2D eigenvalue weighted by Gasteiger charge is 2.24. The number of nitriles is 1. The van der Waals surface area contributed by atoms with Gasteiger partial charge in [-0.3, -0.25) is 9.78 Å². The topological polar surface area (TPSA) is 115 Å². The first kappa shape index (κ1) is 20.8. The number of carbonyl (C=O) groups excluding carboxylic acids is 1. The zero-order valence-electron chi connectivity index (χ0n) is 17.7. The number of nitrogens with one attached hydrogen (secondary N) is 2. The molecule has 8 heteroatoms. The van der Waals surface area contributed by atoms with E-state index in [1.165, 1.54) is 6.20 Å². The lowest BCUT2D eigenvalue weighted by molar-refractivity contribution is 0.0850. The van der Waals surface area contributed by atoms with E-state index in [0.717, 1.165) is 30.5 Å². The fourth-order valence-corrected chi connectivity index (χ4v) is 4.02. The molecule has 8 nitrogen and oxygen atoms in total. The average molecular weight is 419 g/mol. The summed E-state index contributed by atoms with van der Waals surface area (Å²) in [7, 11) is 0. The number of amides is 1. The average Bonchev–Trinajstić information content (AvgIpc) is 3.16. The number of nitrogens with zero attached hydrogens (tertiary/aromatic N) is 4. The summed E-state index contributed by atoms with van der Waals surface area (Å²) < 4.78 is 1.73. The van der Waals surface area contributed by atoms with E-state index in [1.54, 1.807) is 16.8 Å². The Bertz CT molecular complexity index is 1150. The van der Waals surface area contributed by atoms with Crippen LogP contribution in [-0.4, -0.2) is 43.8 Å². The van der Waals surface area contributed by atoms with Gasteiger partial charge in [0, 0.05) is 18.3 Å². The van der Waals surface area contributed by atoms with Gasteiger partial charge in [-0.25, -0.2) is 4.52 Å². The minimum absolute atomic E-state index is 0.0315. The molecule has 3 heterocycles. The molecule has 0 bridgehead atoms. The van der Waals surface area contributed by atoms with Crippen LogP contribution < -0.4 is 10.6 Å². The highest BCUT2D eigenvalue weighted by molar-refractivity contribution is 6.00. The summed E-state index contributed by atoms with van der Waals surface area (Å²) in [5.41, 5.74) is 3.90. The van der Waals surface area contributed by atoms with Gasteiger partial charge in [-0.05, 0) is 63.8 Å². The lowest BCUT2D eigenvalue weighted by Gasteiger charge is -2.27. The minimum atomic E-state index is -0.357. The lowest BCUT2D eigenvalue weighted by atomic mass is 9.93. The summed E-state index contributed by atoms with van der Waals surface area (Å²) in [4.78, 5) is 17.5. The van der Waals surface area contributed by atoms with Gasteiger partial charge in [-0.2, -0.15) is 10.4 Å². The Hall–Kier alpha value is -3.44. The van der Waals surface area contributed by atoms with E-state index in [0.29, 0.717) is 28.9 Å². The number of carbonyl (C=O) groups is 1. The van der Waals surface area contributed by atoms with Crippen molar-refractivity contribution in [2.75, 3.05) is 5.32 Å². The van der Waals surface area contributed by atoms with Crippen molar-refractivity contribution in [2.24, 2.45) is 0 Å². The molecule has 3 N–H and O–H groups in total. The summed E-state index contributed by atoms with van der Waals surface area (Å²) >= 11 is 0. The van der Waals surface area contributed by atoms with Crippen LogP contribution in [0.1, 0.15) is 55.5 Å². The van der Waals surface area contributed by atoms with Gasteiger partial charge in [0.25, 0.3) is 5.91 Å². The summed E-state index contributed by atoms with van der Waals surface area (Å²) in [6.45, 7) is 4.02. The highest BCUT2D eigenvalue weighted by Crippen LogP contribution is 2.26. The maximum absolute atomic E-state index is 13.0. The van der Waals surface area contributed by atoms with Crippen LogP contribution in [0, 0.1) is 11.3 Å². The lowest BCUT2D eigenvalue weighted by Crippen LogP contribution is -2.40. The van der Waals surface area contributed by atoms with Gasteiger partial charge in [-0.15, -0.1) is 0 Å². The highest BCUT2D eigenvalue weighted by atomic mass is 16.3. The minimum Gasteiger partial charge on any atom is -0.393 e. The molecule has 1 saturated carbocycles. The zero-order chi connectivity index (χ0) is 22.0. The van der Waals surface area contributed by atoms with Gasteiger partial charge < -0.3 is 15.7 Å². The van der Waals surface area contributed by atoms with Crippen LogP contribution in [0.3, 0.4) is 0 Å². The monoisotopic (exact) mass is 418 g/mol. The summed E-state index contributed by atoms with van der Waals surface area (Å²) in [6, 6.07) is 9.59. The number of aliphatic hydroxyl groups is 1. The van der Waals surface area contributed by atoms with Crippen molar-refractivity contribution in [3.05, 3.63) is 47.8 Å². The summed E-state index contributed by atoms with van der Waals surface area (Å²) in [6.07, 6.45) is 5.89. The zero-order valence-corrected chi connectivity index (χ0v) is 17.7. The molecule has 1 aliphatic rings. The van der Waals surface area contributed by atoms with Crippen LogP contribution in [0.4, 0.5) is 5.69 Å². The molecule has 1 fully saturated rings. The third-order valence-corrected chi connectivity index (χ3v) is 5.47. The molecule has 1 amide bonds. The Kier molecular flexibility index (Phi) is 5.87. The van der Waals surface area contributed by atoms with Crippen molar-refractivity contribution in [1.82, 2.24) is 19.9 Å². The second-order valence-electron chi connectivity index (χ2n) is 8.32. The third kappa shape index (κ3) is 4.52. The maximum Gasteiger partial charge on any atom is 0.255 e. The molecule has 0 spiro atoms. The number of rotatable bonds is 5. The molecule has 0 unspecified atom stereocenters. The van der Waals surface area contributed by atoms with E-state index in [1.807, 2.05) is 32.0 Å². The predicted octanol–water partition coefficient (Wildman–Crippen LogP) is 3.12. The Morgan fingerprint density at radius 2 is 2.13 bits per heavy atom. The van der Waals surface area contributed by atoms with Gasteiger partial charge in [0.2, 0.25) is 0 Å². The first-order valence-electron chi connectivity index (χ1n) is 10.6. The van der Waals surface area contributed by atoms with E-state index in [2.05, 4.69) is 26.8 Å². The summed E-state index contributed by atoms with van der Waals surface area (Å²) in [5.74, 6) is -0.196. The van der Waals surface area contributed by atoms with Crippen LogP contribution in [0.5, 0.6) is 0 Å². The maximum atomic E-state index is 13.0. The molecule has 160 valence electrons. The third-order valence-electron chi connectivity index (χ3n) is 5.47. The molecule has 2 atom stereocenters. The van der Waals surface area contributed by atoms with Crippen LogP contribution in [0.2, 0.25) is 0 Å². The van der Waals surface area contributed by atoms with Crippen molar-refractivity contribution >= 4 is 17.1 Å². The van der Waals surface area contributed by atoms with Crippen molar-refractivity contribution in [2.45, 2.75) is 57.7 Å². The SMILES string of the molecule is CC(C)Nc1cc(-c2ccc3cc(C#N)cnn23)ncc1C(=O)N[C@H]1CCC[C@@H](O)C1. The molecular formula is C23H26N6O2. The fraction of sp³-hybridized carbons (Fsp3) is 0.391. The number of aromatic nitrogens is 3. The normalized spacial score (nSPS) is 18.7. The van der Waals surface area contributed by atoms with Crippen LogP contribution in [0.25, 0.3) is 16.9 Å². The number of hydrogen-bond acceptors (Lipinski definition) is 6. The molecule has 0 aromatic carbocycles. The smallest absolute Gasteiger partial charge is 0.255 e. The van der Waals surface area contributed by atoms with Gasteiger partial charge in [0.05, 0.1) is 46.0 Å². The molecule has 1 aliphatic carbocycles. The van der Waals surface area contributed by atoms with E-state index < -0.39 is 0 Å². The fourth-order valence-electron chi connectivity index (χ4n) is 4.02. The second-order valence-corrected chi connectivity index (χ2v) is 8.32. The summed E-state index contributed by atoms with van der Waals surface area (Å²) in [5, 5.41) is 29.7. The van der Waals surface area contributed by atoms with Crippen molar-refractivity contribution < 1.29 is 9.90 Å². The van der Waals surface area contributed by atoms with Crippen molar-refractivity contribution in [1.29, 1.82) is 5.26 Å². The Morgan fingerprint density at radius 1 is 1.29 bits per heavy atom. The Balaban J connectivity index is 1.66. The largest absolute Gasteiger partial charge is 0.393 e. The number of anilines is 1. The molecule has 3 aromatic heterocycles. The van der Waals surface area contributed by atoms with E-state index in [4.69, 9.17) is 5.26 Å². The molecule has 0 radical (unpaired) electrons. The van der Waals surface area contributed by atoms with Gasteiger partial charge in [0.15, 0.2) is 0 Å². The van der Waals surface area contributed by atoms with Crippen molar-refractivity contribution in [3.63, 3.8) is 0 Å². The standard InChI is InChI=1S/C23H26N6O2/c1-14(2)27-20-10-21(22-7-6-17-8-15(11-24)12-26-29(17)22)25-13-19(20)23(31)28-16-4-3-5-18(30)9-16/h6-8,10,12-14,16,18,30H,3-5,9H2,1-2H3,(H,25,27)(H,28,31)/t16-,18+/m0/s1. The molecule has 0 saturated heterocycles. The van der Waals surface area contributed by atoms with Gasteiger partial charge >= 0.3 is 0 Å². The van der Waals surface area contributed by atoms with Crippen molar-refractivity contribution in [3.8, 4) is 17.5 Å². The van der Waals surface area contributed by atoms with Crippen LogP contribution in [-0.2, 0) is 0 Å². The Morgan fingerprint density at radius 3 is 2.87 bits per heavy atom. The molecule has 4 rings (SSSR count). The van der Waals surface area contributed by atoms with Crippen LogP contribution >= 0.6 is 0 Å². The van der Waals surface area contributed by atoms with E-state index >= 15 is 0 Å². The number of fused-ring (bicyclic) bond motifs is 1. The quantitative estimate of drug-likeness (QED) is 0.586. The first-order valence-corrected chi connectivity index (χ1v) is 10.6. The number of hydrogen-bond donors (Lipinski definition) is 3. The molecule has 31 heavy (non-hydrogen) atoms. The predicted molar refractivity (Wildman–Crippen MR) is 118 cm³/mol. The second kappa shape index (κ2) is 8.74. The van der Waals surface area contributed by atoms with Gasteiger partial charge in [-0.1, -0.05) is 0 Å². The molecule has 0 aliphatic heterocycles. The molecule has 3 aromatic rings. The molecular weight excluding hydrogens is 392 g/mol. The van der Waals surface area contributed by atoms with E-state index in [9.17, 15) is 9.90 Å². The van der Waals surface area contributed by atoms with Crippen LogP contribution in [0.15, 0.2) is 36.7 Å². The number of pyridine rings is 1. The Labute approximate surface area is 180 Å². The first-order chi connectivity index (χ1) is 14.9. The van der Waals surface area contributed by atoms with E-state index in [-0.39, 0.29) is 24.1 Å².